The molecule has 0 atom stereocenters. The minimum atomic E-state index is -0.467. The SMILES string of the molecule is Cn1cc(-c2n[nH]c(=O)n2-c2cn(CCCN)c3ccc(F)cc23)c2cc(F)ccc21. The van der Waals surface area contributed by atoms with Crippen LogP contribution in [0, 0.1) is 11.6 Å². The first-order valence-electron chi connectivity index (χ1n) is 9.89. The monoisotopic (exact) mass is 422 g/mol. The van der Waals surface area contributed by atoms with Crippen LogP contribution in [-0.2, 0) is 13.6 Å². The Hall–Kier alpha value is -3.72. The molecule has 5 aromatic rings. The third kappa shape index (κ3) is 3.05. The van der Waals surface area contributed by atoms with Crippen molar-refractivity contribution in [1.82, 2.24) is 23.9 Å². The van der Waals surface area contributed by atoms with Crippen molar-refractivity contribution in [2.75, 3.05) is 6.54 Å². The van der Waals surface area contributed by atoms with Crippen molar-refractivity contribution in [3.8, 4) is 17.1 Å². The Morgan fingerprint density at radius 2 is 1.74 bits per heavy atom. The summed E-state index contributed by atoms with van der Waals surface area (Å²) in [4.78, 5) is 12.8. The van der Waals surface area contributed by atoms with E-state index in [1.165, 1.54) is 28.8 Å². The zero-order valence-electron chi connectivity index (χ0n) is 16.8. The van der Waals surface area contributed by atoms with Crippen LogP contribution in [-0.4, -0.2) is 30.4 Å². The highest BCUT2D eigenvalue weighted by atomic mass is 19.1. The Bertz CT molecular complexity index is 1490. The van der Waals surface area contributed by atoms with E-state index in [-0.39, 0.29) is 5.82 Å². The van der Waals surface area contributed by atoms with Crippen LogP contribution in [0.3, 0.4) is 0 Å². The predicted octanol–water partition coefficient (Wildman–Crippen LogP) is 3.30. The van der Waals surface area contributed by atoms with Crippen LogP contribution in [0.15, 0.2) is 53.6 Å². The molecule has 3 aromatic heterocycles. The summed E-state index contributed by atoms with van der Waals surface area (Å²) in [6, 6.07) is 8.95. The van der Waals surface area contributed by atoms with Gasteiger partial charge in [0.15, 0.2) is 5.82 Å². The molecule has 0 bridgehead atoms. The van der Waals surface area contributed by atoms with Crippen molar-refractivity contribution >= 4 is 21.8 Å². The molecule has 0 aliphatic heterocycles. The Labute approximate surface area is 175 Å². The lowest BCUT2D eigenvalue weighted by atomic mass is 10.1. The van der Waals surface area contributed by atoms with E-state index in [0.717, 1.165) is 17.5 Å². The molecule has 0 unspecified atom stereocenters. The van der Waals surface area contributed by atoms with Crippen molar-refractivity contribution in [3.05, 3.63) is 70.9 Å². The number of hydrogen-bond donors (Lipinski definition) is 2. The van der Waals surface area contributed by atoms with Gasteiger partial charge in [0.1, 0.15) is 11.6 Å². The number of nitrogens with two attached hydrogens (primary N) is 1. The minimum Gasteiger partial charge on any atom is -0.350 e. The highest BCUT2D eigenvalue weighted by Gasteiger charge is 2.21. The van der Waals surface area contributed by atoms with Gasteiger partial charge in [-0.05, 0) is 49.4 Å². The zero-order valence-corrected chi connectivity index (χ0v) is 16.8. The molecule has 9 heteroatoms. The molecule has 3 heterocycles. The third-order valence-electron chi connectivity index (χ3n) is 5.53. The van der Waals surface area contributed by atoms with Gasteiger partial charge in [0.2, 0.25) is 0 Å². The van der Waals surface area contributed by atoms with Crippen LogP contribution in [0.4, 0.5) is 8.78 Å². The van der Waals surface area contributed by atoms with Gasteiger partial charge in [-0.3, -0.25) is 0 Å². The summed E-state index contributed by atoms with van der Waals surface area (Å²) in [5.74, 6) is -0.469. The minimum absolute atomic E-state index is 0.323. The summed E-state index contributed by atoms with van der Waals surface area (Å²) in [7, 11) is 1.84. The number of H-pyrrole nitrogens is 1. The fourth-order valence-electron chi connectivity index (χ4n) is 4.12. The van der Waals surface area contributed by atoms with Crippen LogP contribution < -0.4 is 11.4 Å². The molecule has 0 saturated heterocycles. The van der Waals surface area contributed by atoms with Crippen LogP contribution >= 0.6 is 0 Å². The first-order chi connectivity index (χ1) is 15.0. The van der Waals surface area contributed by atoms with Crippen molar-refractivity contribution < 1.29 is 8.78 Å². The number of halogens is 2. The first-order valence-corrected chi connectivity index (χ1v) is 9.89. The van der Waals surface area contributed by atoms with Gasteiger partial charge in [-0.15, -0.1) is 0 Å². The molecule has 0 radical (unpaired) electrons. The molecule has 7 nitrogen and oxygen atoms in total. The van der Waals surface area contributed by atoms with E-state index in [1.54, 1.807) is 24.5 Å². The van der Waals surface area contributed by atoms with Crippen LogP contribution in [0.5, 0.6) is 0 Å². The highest BCUT2D eigenvalue weighted by Crippen LogP contribution is 2.32. The van der Waals surface area contributed by atoms with E-state index in [1.807, 2.05) is 16.2 Å². The summed E-state index contributed by atoms with van der Waals surface area (Å²) in [6.45, 7) is 1.13. The number of aromatic nitrogens is 5. The predicted molar refractivity (Wildman–Crippen MR) is 115 cm³/mol. The number of aromatic amines is 1. The van der Waals surface area contributed by atoms with Crippen LogP contribution in [0.2, 0.25) is 0 Å². The molecular weight excluding hydrogens is 402 g/mol. The second-order valence-corrected chi connectivity index (χ2v) is 7.51. The smallest absolute Gasteiger partial charge is 0.348 e. The second kappa shape index (κ2) is 7.21. The summed E-state index contributed by atoms with van der Waals surface area (Å²) < 4.78 is 33.3. The topological polar surface area (TPSA) is 86.6 Å². The van der Waals surface area contributed by atoms with Crippen LogP contribution in [0.25, 0.3) is 38.9 Å². The van der Waals surface area contributed by atoms with E-state index in [4.69, 9.17) is 5.73 Å². The van der Waals surface area contributed by atoms with Crippen molar-refractivity contribution in [2.24, 2.45) is 12.8 Å². The molecule has 0 saturated carbocycles. The van der Waals surface area contributed by atoms with E-state index in [2.05, 4.69) is 10.2 Å². The maximum Gasteiger partial charge on any atom is 0.348 e. The van der Waals surface area contributed by atoms with Gasteiger partial charge in [0.05, 0.1) is 11.2 Å². The number of benzene rings is 2. The second-order valence-electron chi connectivity index (χ2n) is 7.51. The summed E-state index contributed by atoms with van der Waals surface area (Å²) in [5, 5.41) is 7.91. The van der Waals surface area contributed by atoms with Gasteiger partial charge in [-0.25, -0.2) is 23.2 Å². The average molecular weight is 422 g/mol. The number of aryl methyl sites for hydroxylation is 2. The first kappa shape index (κ1) is 19.3. The Kier molecular flexibility index (Phi) is 4.48. The molecule has 0 spiro atoms. The highest BCUT2D eigenvalue weighted by molar-refractivity contribution is 5.96. The van der Waals surface area contributed by atoms with Crippen molar-refractivity contribution in [2.45, 2.75) is 13.0 Å². The molecule has 0 aliphatic rings. The number of rotatable bonds is 5. The number of nitrogens with zero attached hydrogens (tertiary/aromatic N) is 4. The fourth-order valence-corrected chi connectivity index (χ4v) is 4.12. The fraction of sp³-hybridized carbons (Fsp3) is 0.182. The van der Waals surface area contributed by atoms with Crippen molar-refractivity contribution in [3.63, 3.8) is 0 Å². The van der Waals surface area contributed by atoms with Crippen molar-refractivity contribution in [1.29, 1.82) is 0 Å². The van der Waals surface area contributed by atoms with Gasteiger partial charge in [0.25, 0.3) is 0 Å². The normalized spacial score (nSPS) is 11.7. The third-order valence-corrected chi connectivity index (χ3v) is 5.53. The molecule has 31 heavy (non-hydrogen) atoms. The molecular formula is C22H20F2N6O. The molecule has 2 aromatic carbocycles. The van der Waals surface area contributed by atoms with E-state index < -0.39 is 11.5 Å². The average Bonchev–Trinajstić information content (AvgIpc) is 3.39. The standard InChI is InChI=1S/C22H20F2N6O/c1-28-11-17(15-9-13(23)3-5-18(15)28)21-26-27-22(31)30(21)20-12-29(8-2-7-25)19-6-4-14(24)10-16(19)20/h3-6,9-12H,2,7-8,25H2,1H3,(H,27,31). The molecule has 0 fully saturated rings. The molecule has 5 rings (SSSR count). The summed E-state index contributed by atoms with van der Waals surface area (Å²) >= 11 is 0. The van der Waals surface area contributed by atoms with Crippen LogP contribution in [0.1, 0.15) is 6.42 Å². The maximum atomic E-state index is 14.1. The lowest BCUT2D eigenvalue weighted by molar-refractivity contribution is 0.628. The Morgan fingerprint density at radius 3 is 2.48 bits per heavy atom. The molecule has 0 aliphatic carbocycles. The van der Waals surface area contributed by atoms with Gasteiger partial charge >= 0.3 is 5.69 Å². The largest absolute Gasteiger partial charge is 0.350 e. The summed E-state index contributed by atoms with van der Waals surface area (Å²) in [6.07, 6.45) is 4.33. The zero-order chi connectivity index (χ0) is 21.7. The number of nitrogens with one attached hydrogen (secondary N) is 1. The molecule has 3 N–H and O–H groups in total. The van der Waals surface area contributed by atoms with Gasteiger partial charge in [0, 0.05) is 47.8 Å². The van der Waals surface area contributed by atoms with E-state index in [9.17, 15) is 13.6 Å². The lowest BCUT2D eigenvalue weighted by Gasteiger charge is -2.04. The number of hydrogen-bond acceptors (Lipinski definition) is 3. The van der Waals surface area contributed by atoms with Gasteiger partial charge < -0.3 is 14.9 Å². The Balaban J connectivity index is 1.79. The van der Waals surface area contributed by atoms with E-state index >= 15 is 0 Å². The molecule has 0 amide bonds. The number of fused-ring (bicyclic) bond motifs is 2. The molecule has 158 valence electrons. The van der Waals surface area contributed by atoms with E-state index in [0.29, 0.717) is 40.9 Å². The lowest BCUT2D eigenvalue weighted by Crippen LogP contribution is -2.15. The maximum absolute atomic E-state index is 14.1. The van der Waals surface area contributed by atoms with Gasteiger partial charge in [-0.2, -0.15) is 5.10 Å². The Morgan fingerprint density at radius 1 is 1.03 bits per heavy atom. The van der Waals surface area contributed by atoms with Gasteiger partial charge in [-0.1, -0.05) is 0 Å². The quantitative estimate of drug-likeness (QED) is 0.456. The summed E-state index contributed by atoms with van der Waals surface area (Å²) in [5.41, 5.74) is 7.87.